The minimum absolute atomic E-state index is 0.164. The highest BCUT2D eigenvalue weighted by Gasteiger charge is 2.31. The number of amides is 1. The predicted molar refractivity (Wildman–Crippen MR) is 81.8 cm³/mol. The Labute approximate surface area is 133 Å². The van der Waals surface area contributed by atoms with Crippen molar-refractivity contribution >= 4 is 15.9 Å². The molecule has 0 aliphatic carbocycles. The second-order valence-corrected chi connectivity index (χ2v) is 7.05. The van der Waals surface area contributed by atoms with Gasteiger partial charge in [-0.3, -0.25) is 9.78 Å². The fourth-order valence-corrected chi connectivity index (χ4v) is 3.73. The molecule has 2 heterocycles. The number of benzene rings is 1. The van der Waals surface area contributed by atoms with E-state index in [1.807, 2.05) is 6.07 Å². The molecule has 0 unspecified atom stereocenters. The number of rotatable bonds is 5. The van der Waals surface area contributed by atoms with E-state index in [1.54, 1.807) is 12.3 Å². The largest absolute Gasteiger partial charge is 0.484 e. The van der Waals surface area contributed by atoms with Crippen molar-refractivity contribution in [2.45, 2.75) is 18.0 Å². The zero-order valence-electron chi connectivity index (χ0n) is 12.2. The highest BCUT2D eigenvalue weighted by atomic mass is 32.2. The maximum Gasteiger partial charge on any atom is 0.255 e. The fraction of sp³-hybridized carbons (Fsp3) is 0.200. The van der Waals surface area contributed by atoms with Crippen molar-refractivity contribution in [2.24, 2.45) is 5.73 Å². The normalized spacial score (nSPS) is 14.4. The van der Waals surface area contributed by atoms with E-state index in [9.17, 15) is 13.2 Å². The summed E-state index contributed by atoms with van der Waals surface area (Å²) in [4.78, 5) is 15.0. The number of primary amides is 1. The van der Waals surface area contributed by atoms with Crippen molar-refractivity contribution in [1.82, 2.24) is 9.29 Å². The van der Waals surface area contributed by atoms with Crippen LogP contribution in [0.25, 0.3) is 0 Å². The molecule has 23 heavy (non-hydrogen) atoms. The van der Waals surface area contributed by atoms with Gasteiger partial charge < -0.3 is 10.5 Å². The Balaban J connectivity index is 1.77. The van der Waals surface area contributed by atoms with Crippen LogP contribution in [0.2, 0.25) is 0 Å². The lowest BCUT2D eigenvalue weighted by Gasteiger charge is -2.15. The van der Waals surface area contributed by atoms with Gasteiger partial charge in [-0.1, -0.05) is 6.07 Å². The molecule has 0 atom stereocenters. The van der Waals surface area contributed by atoms with Gasteiger partial charge in [0.1, 0.15) is 5.75 Å². The summed E-state index contributed by atoms with van der Waals surface area (Å²) in [7, 11) is -3.61. The fourth-order valence-electron chi connectivity index (χ4n) is 2.35. The van der Waals surface area contributed by atoms with Crippen LogP contribution in [0.4, 0.5) is 0 Å². The number of aromatic nitrogens is 1. The van der Waals surface area contributed by atoms with Crippen molar-refractivity contribution in [3.63, 3.8) is 0 Å². The van der Waals surface area contributed by atoms with Gasteiger partial charge >= 0.3 is 0 Å². The molecular formula is C15H15N3O4S. The van der Waals surface area contributed by atoms with E-state index in [0.29, 0.717) is 12.3 Å². The van der Waals surface area contributed by atoms with Crippen molar-refractivity contribution in [1.29, 1.82) is 0 Å². The SMILES string of the molecule is NC(=O)COc1ccc(S(=O)(=O)N2Cc3cccnc3C2)cc1. The van der Waals surface area contributed by atoms with E-state index in [2.05, 4.69) is 4.98 Å². The summed E-state index contributed by atoms with van der Waals surface area (Å²) in [6.45, 7) is 0.322. The summed E-state index contributed by atoms with van der Waals surface area (Å²) in [5.74, 6) is -0.210. The number of ether oxygens (including phenoxy) is 1. The number of carbonyl (C=O) groups is 1. The average molecular weight is 333 g/mol. The van der Waals surface area contributed by atoms with Gasteiger partial charge in [-0.2, -0.15) is 4.31 Å². The van der Waals surface area contributed by atoms with Gasteiger partial charge in [0.15, 0.2) is 6.61 Å². The third-order valence-corrected chi connectivity index (χ3v) is 5.31. The Morgan fingerprint density at radius 3 is 2.61 bits per heavy atom. The van der Waals surface area contributed by atoms with E-state index in [-0.39, 0.29) is 18.0 Å². The first-order valence-corrected chi connectivity index (χ1v) is 8.35. The van der Waals surface area contributed by atoms with Crippen LogP contribution in [0.5, 0.6) is 5.75 Å². The first kappa shape index (κ1) is 15.4. The number of carbonyl (C=O) groups excluding carboxylic acids is 1. The Bertz CT molecular complexity index is 809. The van der Waals surface area contributed by atoms with Crippen LogP contribution in [-0.4, -0.2) is 30.2 Å². The Kier molecular flexibility index (Phi) is 4.01. The summed E-state index contributed by atoms with van der Waals surface area (Å²) >= 11 is 0. The molecule has 0 saturated heterocycles. The summed E-state index contributed by atoms with van der Waals surface area (Å²) in [6.07, 6.45) is 1.65. The van der Waals surface area contributed by atoms with Crippen molar-refractivity contribution in [2.75, 3.05) is 6.61 Å². The Morgan fingerprint density at radius 2 is 1.96 bits per heavy atom. The smallest absolute Gasteiger partial charge is 0.255 e. The summed E-state index contributed by atoms with van der Waals surface area (Å²) in [5, 5.41) is 0. The van der Waals surface area contributed by atoms with Crippen LogP contribution in [0.3, 0.4) is 0 Å². The van der Waals surface area contributed by atoms with E-state index >= 15 is 0 Å². The van der Waals surface area contributed by atoms with Crippen LogP contribution in [-0.2, 0) is 27.9 Å². The van der Waals surface area contributed by atoms with Gasteiger partial charge in [0.05, 0.1) is 17.1 Å². The van der Waals surface area contributed by atoms with Gasteiger partial charge in [0.2, 0.25) is 10.0 Å². The van der Waals surface area contributed by atoms with E-state index in [1.165, 1.54) is 28.6 Å². The molecule has 120 valence electrons. The second-order valence-electron chi connectivity index (χ2n) is 5.11. The lowest BCUT2D eigenvalue weighted by molar-refractivity contribution is -0.119. The van der Waals surface area contributed by atoms with Crippen LogP contribution >= 0.6 is 0 Å². The molecule has 1 aliphatic heterocycles. The van der Waals surface area contributed by atoms with Crippen molar-refractivity contribution < 1.29 is 17.9 Å². The molecule has 2 aromatic rings. The molecule has 0 fully saturated rings. The molecule has 1 aromatic heterocycles. The lowest BCUT2D eigenvalue weighted by Crippen LogP contribution is -2.25. The Morgan fingerprint density at radius 1 is 1.22 bits per heavy atom. The molecule has 0 bridgehead atoms. The first-order valence-electron chi connectivity index (χ1n) is 6.91. The first-order chi connectivity index (χ1) is 11.0. The number of hydrogen-bond acceptors (Lipinski definition) is 5. The minimum atomic E-state index is -3.61. The lowest BCUT2D eigenvalue weighted by atomic mass is 10.2. The standard InChI is InChI=1S/C15H15N3O4S/c16-15(19)10-22-12-3-5-13(6-4-12)23(20,21)18-8-11-2-1-7-17-14(11)9-18/h1-7H,8-10H2,(H2,16,19). The quantitative estimate of drug-likeness (QED) is 0.865. The molecular weight excluding hydrogens is 318 g/mol. The van der Waals surface area contributed by atoms with Gasteiger partial charge in [0, 0.05) is 12.7 Å². The monoisotopic (exact) mass is 333 g/mol. The van der Waals surface area contributed by atoms with E-state index in [0.717, 1.165) is 11.3 Å². The van der Waals surface area contributed by atoms with Crippen LogP contribution in [0.1, 0.15) is 11.3 Å². The predicted octanol–water partition coefficient (Wildman–Crippen LogP) is 0.650. The van der Waals surface area contributed by atoms with Gasteiger partial charge in [-0.15, -0.1) is 0 Å². The zero-order valence-corrected chi connectivity index (χ0v) is 13.0. The minimum Gasteiger partial charge on any atom is -0.484 e. The van der Waals surface area contributed by atoms with Crippen LogP contribution in [0, 0.1) is 0 Å². The third kappa shape index (κ3) is 3.17. The van der Waals surface area contributed by atoms with Crippen molar-refractivity contribution in [3.05, 3.63) is 53.9 Å². The highest BCUT2D eigenvalue weighted by molar-refractivity contribution is 7.89. The van der Waals surface area contributed by atoms with Crippen LogP contribution in [0.15, 0.2) is 47.5 Å². The Hall–Kier alpha value is -2.45. The van der Waals surface area contributed by atoms with E-state index in [4.69, 9.17) is 10.5 Å². The number of hydrogen-bond donors (Lipinski definition) is 1. The molecule has 0 radical (unpaired) electrons. The molecule has 0 spiro atoms. The van der Waals surface area contributed by atoms with E-state index < -0.39 is 15.9 Å². The molecule has 1 amide bonds. The van der Waals surface area contributed by atoms with Gasteiger partial charge in [-0.05, 0) is 35.9 Å². The molecule has 1 aliphatic rings. The third-order valence-electron chi connectivity index (χ3n) is 3.50. The van der Waals surface area contributed by atoms with Gasteiger partial charge in [-0.25, -0.2) is 8.42 Å². The second kappa shape index (κ2) is 5.98. The number of nitrogens with zero attached hydrogens (tertiary/aromatic N) is 2. The topological polar surface area (TPSA) is 103 Å². The highest BCUT2D eigenvalue weighted by Crippen LogP contribution is 2.27. The molecule has 7 nitrogen and oxygen atoms in total. The molecule has 8 heteroatoms. The average Bonchev–Trinajstić information content (AvgIpc) is 2.98. The number of pyridine rings is 1. The number of fused-ring (bicyclic) bond motifs is 1. The molecule has 2 N–H and O–H groups in total. The van der Waals surface area contributed by atoms with Crippen LogP contribution < -0.4 is 10.5 Å². The molecule has 3 rings (SSSR count). The summed E-state index contributed by atoms with van der Waals surface area (Å²) in [5.41, 5.74) is 6.68. The number of sulfonamides is 1. The summed E-state index contributed by atoms with van der Waals surface area (Å²) < 4.78 is 31.8. The van der Waals surface area contributed by atoms with Gasteiger partial charge in [0.25, 0.3) is 5.91 Å². The van der Waals surface area contributed by atoms with Crippen molar-refractivity contribution in [3.8, 4) is 5.75 Å². The zero-order chi connectivity index (χ0) is 16.4. The maximum absolute atomic E-state index is 12.7. The number of nitrogens with two attached hydrogens (primary N) is 1. The molecule has 0 saturated carbocycles. The maximum atomic E-state index is 12.7. The molecule has 1 aromatic carbocycles. The summed E-state index contributed by atoms with van der Waals surface area (Å²) in [6, 6.07) is 9.55.